The van der Waals surface area contributed by atoms with Gasteiger partial charge in [-0.1, -0.05) is 25.0 Å². The molecule has 1 aliphatic carbocycles. The smallest absolute Gasteiger partial charge is 0.317 e. The lowest BCUT2D eigenvalue weighted by Crippen LogP contribution is -2.37. The number of carboxylic acid groups (broad SMARTS) is 1. The van der Waals surface area contributed by atoms with Gasteiger partial charge in [-0.15, -0.1) is 0 Å². The fraction of sp³-hybridized carbons (Fsp3) is 0.412. The Bertz CT molecular complexity index is 635. The van der Waals surface area contributed by atoms with E-state index in [9.17, 15) is 4.79 Å². The second-order valence-corrected chi connectivity index (χ2v) is 5.77. The Balaban J connectivity index is 1.80. The van der Waals surface area contributed by atoms with Gasteiger partial charge in [0.1, 0.15) is 0 Å². The van der Waals surface area contributed by atoms with E-state index in [1.165, 1.54) is 12.8 Å². The Hall–Kier alpha value is -1.94. The van der Waals surface area contributed by atoms with E-state index in [1.54, 1.807) is 6.20 Å². The van der Waals surface area contributed by atoms with Crippen LogP contribution in [0.15, 0.2) is 36.5 Å². The highest BCUT2D eigenvalue weighted by Gasteiger charge is 2.24. The van der Waals surface area contributed by atoms with E-state index in [4.69, 9.17) is 5.11 Å². The fourth-order valence-electron chi connectivity index (χ4n) is 3.22. The predicted octanol–water partition coefficient (Wildman–Crippen LogP) is 3.06. The Morgan fingerprint density at radius 3 is 2.86 bits per heavy atom. The summed E-state index contributed by atoms with van der Waals surface area (Å²) in [6, 6.07) is 10.6. The van der Waals surface area contributed by atoms with Crippen LogP contribution in [0.2, 0.25) is 0 Å². The minimum atomic E-state index is -0.746. The topological polar surface area (TPSA) is 53.4 Å². The van der Waals surface area contributed by atoms with E-state index in [0.717, 1.165) is 29.3 Å². The summed E-state index contributed by atoms with van der Waals surface area (Å²) in [7, 11) is 0. The first-order valence-electron chi connectivity index (χ1n) is 7.52. The normalized spacial score (nSPS) is 15.9. The van der Waals surface area contributed by atoms with Gasteiger partial charge in [0, 0.05) is 24.2 Å². The molecule has 4 nitrogen and oxygen atoms in total. The van der Waals surface area contributed by atoms with Crippen LogP contribution in [0.5, 0.6) is 0 Å². The fourth-order valence-corrected chi connectivity index (χ4v) is 3.22. The maximum absolute atomic E-state index is 11.1. The molecule has 1 aromatic heterocycles. The lowest BCUT2D eigenvalue weighted by atomic mass is 10.1. The number of benzene rings is 1. The minimum absolute atomic E-state index is 0.121. The standard InChI is InChI=1S/C17H20N2O2/c20-17(21)12-19(15-5-1-2-6-15)11-13-7-8-16-14(10-13)4-3-9-18-16/h3-4,7-10,15H,1-2,5-6,11-12H2,(H,20,21). The number of hydrogen-bond acceptors (Lipinski definition) is 3. The summed E-state index contributed by atoms with van der Waals surface area (Å²) >= 11 is 0. The van der Waals surface area contributed by atoms with Crippen molar-refractivity contribution in [2.75, 3.05) is 6.54 Å². The summed E-state index contributed by atoms with van der Waals surface area (Å²) in [5.74, 6) is -0.746. The van der Waals surface area contributed by atoms with Gasteiger partial charge in [-0.05, 0) is 36.6 Å². The lowest BCUT2D eigenvalue weighted by molar-refractivity contribution is -0.139. The molecule has 1 saturated carbocycles. The van der Waals surface area contributed by atoms with E-state index in [1.807, 2.05) is 18.2 Å². The third-order valence-corrected chi connectivity index (χ3v) is 4.23. The van der Waals surface area contributed by atoms with Crippen molar-refractivity contribution in [1.82, 2.24) is 9.88 Å². The number of aromatic nitrogens is 1. The molecular formula is C17H20N2O2. The van der Waals surface area contributed by atoms with Crippen molar-refractivity contribution in [2.45, 2.75) is 38.3 Å². The van der Waals surface area contributed by atoms with Gasteiger partial charge in [-0.3, -0.25) is 14.7 Å². The van der Waals surface area contributed by atoms with Crippen LogP contribution in [0, 0.1) is 0 Å². The SMILES string of the molecule is O=C(O)CN(Cc1ccc2ncccc2c1)C1CCCC1. The first kappa shape index (κ1) is 14.0. The molecule has 3 rings (SSSR count). The van der Waals surface area contributed by atoms with Gasteiger partial charge in [0.25, 0.3) is 0 Å². The first-order chi connectivity index (χ1) is 10.2. The van der Waals surface area contributed by atoms with Gasteiger partial charge in [0.15, 0.2) is 0 Å². The molecule has 21 heavy (non-hydrogen) atoms. The maximum atomic E-state index is 11.1. The number of fused-ring (bicyclic) bond motifs is 1. The van der Waals surface area contributed by atoms with Crippen LogP contribution >= 0.6 is 0 Å². The molecule has 0 aliphatic heterocycles. The van der Waals surface area contributed by atoms with Gasteiger partial charge < -0.3 is 5.11 Å². The second-order valence-electron chi connectivity index (χ2n) is 5.77. The number of hydrogen-bond donors (Lipinski definition) is 1. The van der Waals surface area contributed by atoms with Crippen LogP contribution in [0.3, 0.4) is 0 Å². The quantitative estimate of drug-likeness (QED) is 0.916. The van der Waals surface area contributed by atoms with Crippen LogP contribution in [-0.2, 0) is 11.3 Å². The molecule has 1 aliphatic rings. The number of rotatable bonds is 5. The molecule has 1 N–H and O–H groups in total. The molecule has 110 valence electrons. The molecule has 0 saturated heterocycles. The molecule has 0 bridgehead atoms. The number of carboxylic acids is 1. The number of pyridine rings is 1. The first-order valence-corrected chi connectivity index (χ1v) is 7.52. The van der Waals surface area contributed by atoms with Gasteiger partial charge in [-0.25, -0.2) is 0 Å². The Morgan fingerprint density at radius 2 is 2.10 bits per heavy atom. The van der Waals surface area contributed by atoms with Crippen molar-refractivity contribution in [3.8, 4) is 0 Å². The van der Waals surface area contributed by atoms with E-state index in [2.05, 4.69) is 22.0 Å². The average Bonchev–Trinajstić information content (AvgIpc) is 3.00. The van der Waals surface area contributed by atoms with Crippen molar-refractivity contribution >= 4 is 16.9 Å². The molecule has 0 amide bonds. The van der Waals surface area contributed by atoms with Crippen LogP contribution in [-0.4, -0.2) is 33.5 Å². The molecule has 0 radical (unpaired) electrons. The van der Waals surface area contributed by atoms with Gasteiger partial charge in [0.2, 0.25) is 0 Å². The highest BCUT2D eigenvalue weighted by Crippen LogP contribution is 2.25. The second kappa shape index (κ2) is 6.22. The van der Waals surface area contributed by atoms with Crippen molar-refractivity contribution < 1.29 is 9.90 Å². The van der Waals surface area contributed by atoms with Crippen molar-refractivity contribution in [1.29, 1.82) is 0 Å². The zero-order chi connectivity index (χ0) is 14.7. The summed E-state index contributed by atoms with van der Waals surface area (Å²) in [6.07, 6.45) is 6.44. The van der Waals surface area contributed by atoms with E-state index in [-0.39, 0.29) is 6.54 Å². The van der Waals surface area contributed by atoms with Crippen LogP contribution < -0.4 is 0 Å². The lowest BCUT2D eigenvalue weighted by Gasteiger charge is -2.27. The highest BCUT2D eigenvalue weighted by atomic mass is 16.4. The Kier molecular flexibility index (Phi) is 4.15. The van der Waals surface area contributed by atoms with E-state index >= 15 is 0 Å². The Morgan fingerprint density at radius 1 is 1.29 bits per heavy atom. The van der Waals surface area contributed by atoms with Crippen molar-refractivity contribution in [2.24, 2.45) is 0 Å². The molecule has 2 aromatic rings. The summed E-state index contributed by atoms with van der Waals surface area (Å²) in [5, 5.41) is 10.3. The molecule has 1 aromatic carbocycles. The summed E-state index contributed by atoms with van der Waals surface area (Å²) in [6.45, 7) is 0.817. The predicted molar refractivity (Wildman–Crippen MR) is 82.0 cm³/mol. The number of aliphatic carboxylic acids is 1. The summed E-state index contributed by atoms with van der Waals surface area (Å²) in [5.41, 5.74) is 2.13. The zero-order valence-electron chi connectivity index (χ0n) is 12.0. The molecule has 1 fully saturated rings. The van der Waals surface area contributed by atoms with Gasteiger partial charge in [0.05, 0.1) is 12.1 Å². The van der Waals surface area contributed by atoms with Crippen molar-refractivity contribution in [3.63, 3.8) is 0 Å². The molecular weight excluding hydrogens is 264 g/mol. The molecule has 1 heterocycles. The van der Waals surface area contributed by atoms with Crippen molar-refractivity contribution in [3.05, 3.63) is 42.1 Å². The number of nitrogens with zero attached hydrogens (tertiary/aromatic N) is 2. The summed E-state index contributed by atoms with van der Waals surface area (Å²) in [4.78, 5) is 17.5. The Labute approximate surface area is 124 Å². The molecule has 4 heteroatoms. The minimum Gasteiger partial charge on any atom is -0.480 e. The largest absolute Gasteiger partial charge is 0.480 e. The summed E-state index contributed by atoms with van der Waals surface area (Å²) < 4.78 is 0. The zero-order valence-corrected chi connectivity index (χ0v) is 12.0. The molecule has 0 atom stereocenters. The third-order valence-electron chi connectivity index (χ3n) is 4.23. The van der Waals surface area contributed by atoms with E-state index < -0.39 is 5.97 Å². The molecule has 0 unspecified atom stereocenters. The average molecular weight is 284 g/mol. The van der Waals surface area contributed by atoms with Crippen LogP contribution in [0.4, 0.5) is 0 Å². The van der Waals surface area contributed by atoms with E-state index in [0.29, 0.717) is 12.6 Å². The third kappa shape index (κ3) is 3.39. The number of carbonyl (C=O) groups is 1. The monoisotopic (exact) mass is 284 g/mol. The van der Waals surface area contributed by atoms with Gasteiger partial charge in [-0.2, -0.15) is 0 Å². The van der Waals surface area contributed by atoms with Gasteiger partial charge >= 0.3 is 5.97 Å². The van der Waals surface area contributed by atoms with Crippen LogP contribution in [0.1, 0.15) is 31.2 Å². The highest BCUT2D eigenvalue weighted by molar-refractivity contribution is 5.78. The maximum Gasteiger partial charge on any atom is 0.317 e. The molecule has 0 spiro atoms. The van der Waals surface area contributed by atoms with Crippen LogP contribution in [0.25, 0.3) is 10.9 Å².